The van der Waals surface area contributed by atoms with Gasteiger partial charge in [-0.05, 0) is 73.8 Å². The second-order valence-corrected chi connectivity index (χ2v) is 9.71. The molecular formula is C23H30N2O3. The van der Waals surface area contributed by atoms with Crippen molar-refractivity contribution in [2.75, 3.05) is 25.1 Å². The van der Waals surface area contributed by atoms with E-state index in [1.165, 1.54) is 38.5 Å². The molecule has 1 N–H and O–H groups in total. The van der Waals surface area contributed by atoms with Crippen LogP contribution >= 0.6 is 0 Å². The fraction of sp³-hybridized carbons (Fsp3) is 0.652. The predicted molar refractivity (Wildman–Crippen MR) is 107 cm³/mol. The molecule has 1 atom stereocenters. The molecule has 5 fully saturated rings. The molecule has 0 aromatic heterocycles. The van der Waals surface area contributed by atoms with Crippen LogP contribution in [0.5, 0.6) is 5.75 Å². The zero-order chi connectivity index (χ0) is 19.3. The normalized spacial score (nSPS) is 36.0. The van der Waals surface area contributed by atoms with Crippen LogP contribution in [0.3, 0.4) is 0 Å². The Bertz CT molecular complexity index is 755. The highest BCUT2D eigenvalue weighted by Gasteiger charge is 2.51. The van der Waals surface area contributed by atoms with E-state index < -0.39 is 0 Å². The van der Waals surface area contributed by atoms with Crippen molar-refractivity contribution in [2.45, 2.75) is 44.9 Å². The maximum absolute atomic E-state index is 12.9. The van der Waals surface area contributed by atoms with E-state index in [0.717, 1.165) is 30.0 Å². The number of benzene rings is 1. The summed E-state index contributed by atoms with van der Waals surface area (Å²) in [6.45, 7) is 1.24. The van der Waals surface area contributed by atoms with E-state index in [0.29, 0.717) is 17.7 Å². The number of nitrogens with zero attached hydrogens (tertiary/aromatic N) is 1. The van der Waals surface area contributed by atoms with Gasteiger partial charge < -0.3 is 15.0 Å². The Labute approximate surface area is 166 Å². The van der Waals surface area contributed by atoms with Gasteiger partial charge in [0, 0.05) is 19.5 Å². The lowest BCUT2D eigenvalue weighted by molar-refractivity contribution is -0.128. The Morgan fingerprint density at radius 3 is 2.43 bits per heavy atom. The van der Waals surface area contributed by atoms with Crippen molar-refractivity contribution in [3.8, 4) is 5.75 Å². The molecule has 1 aromatic carbocycles. The van der Waals surface area contributed by atoms with E-state index in [1.807, 2.05) is 24.3 Å². The zero-order valence-electron chi connectivity index (χ0n) is 16.7. The van der Waals surface area contributed by atoms with Gasteiger partial charge >= 0.3 is 0 Å². The fourth-order valence-electron chi connectivity index (χ4n) is 6.89. The first kappa shape index (κ1) is 18.0. The SMILES string of the molecule is COc1ccccc1N1CC(C(=O)NCC23CC4CC(CC(C4)C2)C3)CC1=O. The highest BCUT2D eigenvalue weighted by atomic mass is 16.5. The monoisotopic (exact) mass is 382 g/mol. The molecule has 5 aliphatic rings. The van der Waals surface area contributed by atoms with Crippen LogP contribution in [0.1, 0.15) is 44.9 Å². The van der Waals surface area contributed by atoms with Crippen LogP contribution < -0.4 is 15.0 Å². The first-order valence-electron chi connectivity index (χ1n) is 10.8. The third-order valence-electron chi connectivity index (χ3n) is 7.67. The summed E-state index contributed by atoms with van der Waals surface area (Å²) < 4.78 is 5.39. The molecule has 1 unspecified atom stereocenters. The maximum Gasteiger partial charge on any atom is 0.227 e. The van der Waals surface area contributed by atoms with Crippen molar-refractivity contribution in [2.24, 2.45) is 29.1 Å². The number of carbonyl (C=O) groups excluding carboxylic acids is 2. The van der Waals surface area contributed by atoms with Crippen LogP contribution in [0.15, 0.2) is 24.3 Å². The van der Waals surface area contributed by atoms with Gasteiger partial charge in [-0.3, -0.25) is 9.59 Å². The van der Waals surface area contributed by atoms with Gasteiger partial charge in [-0.15, -0.1) is 0 Å². The summed E-state index contributed by atoms with van der Waals surface area (Å²) in [7, 11) is 1.61. The van der Waals surface area contributed by atoms with E-state index in [2.05, 4.69) is 5.32 Å². The van der Waals surface area contributed by atoms with E-state index in [9.17, 15) is 9.59 Å². The summed E-state index contributed by atoms with van der Waals surface area (Å²) >= 11 is 0. The van der Waals surface area contributed by atoms with Crippen molar-refractivity contribution in [3.63, 3.8) is 0 Å². The van der Waals surface area contributed by atoms with Crippen LogP contribution in [0.25, 0.3) is 0 Å². The molecule has 28 heavy (non-hydrogen) atoms. The Hall–Kier alpha value is -2.04. The van der Waals surface area contributed by atoms with Gasteiger partial charge in [0.25, 0.3) is 0 Å². The zero-order valence-corrected chi connectivity index (χ0v) is 16.7. The average molecular weight is 383 g/mol. The summed E-state index contributed by atoms with van der Waals surface area (Å²) in [6, 6.07) is 7.51. The molecule has 2 amide bonds. The Morgan fingerprint density at radius 2 is 1.79 bits per heavy atom. The maximum atomic E-state index is 12.9. The Balaban J connectivity index is 1.23. The minimum atomic E-state index is -0.272. The number of hydrogen-bond acceptors (Lipinski definition) is 3. The summed E-state index contributed by atoms with van der Waals surface area (Å²) in [4.78, 5) is 27.2. The number of para-hydroxylation sites is 2. The van der Waals surface area contributed by atoms with Crippen LogP contribution in [0.2, 0.25) is 0 Å². The second-order valence-electron chi connectivity index (χ2n) is 9.71. The molecule has 0 radical (unpaired) electrons. The van der Waals surface area contributed by atoms with E-state index in [4.69, 9.17) is 4.74 Å². The van der Waals surface area contributed by atoms with Crippen molar-refractivity contribution < 1.29 is 14.3 Å². The second kappa shape index (κ2) is 6.78. The third-order valence-corrected chi connectivity index (χ3v) is 7.67. The van der Waals surface area contributed by atoms with Crippen molar-refractivity contribution in [1.29, 1.82) is 0 Å². The molecule has 5 heteroatoms. The van der Waals surface area contributed by atoms with Crippen LogP contribution in [-0.4, -0.2) is 32.0 Å². The van der Waals surface area contributed by atoms with E-state index >= 15 is 0 Å². The van der Waals surface area contributed by atoms with Crippen molar-refractivity contribution >= 4 is 17.5 Å². The van der Waals surface area contributed by atoms with Gasteiger partial charge in [0.15, 0.2) is 0 Å². The molecule has 5 nitrogen and oxygen atoms in total. The van der Waals surface area contributed by atoms with Crippen LogP contribution in [0.4, 0.5) is 5.69 Å². The molecule has 1 saturated heterocycles. The van der Waals surface area contributed by atoms with Gasteiger partial charge in [0.2, 0.25) is 11.8 Å². The Morgan fingerprint density at radius 1 is 1.14 bits per heavy atom. The number of rotatable bonds is 5. The molecule has 0 spiro atoms. The molecule has 4 saturated carbocycles. The standard InChI is InChI=1S/C23H30N2O3/c1-28-20-5-3-2-4-19(20)25-13-18(9-21(25)26)22(27)24-14-23-10-15-6-16(11-23)8-17(7-15)12-23/h2-5,15-18H,6-14H2,1H3,(H,24,27). The molecular weight excluding hydrogens is 352 g/mol. The molecule has 1 aromatic rings. The number of anilines is 1. The molecule has 150 valence electrons. The summed E-state index contributed by atoms with van der Waals surface area (Å²) in [6.07, 6.45) is 8.39. The number of hydrogen-bond donors (Lipinski definition) is 1. The highest BCUT2D eigenvalue weighted by Crippen LogP contribution is 2.59. The quantitative estimate of drug-likeness (QED) is 0.849. The largest absolute Gasteiger partial charge is 0.495 e. The summed E-state index contributed by atoms with van der Waals surface area (Å²) in [5.74, 6) is 3.10. The lowest BCUT2D eigenvalue weighted by Crippen LogP contribution is -2.51. The molecule has 6 rings (SSSR count). The molecule has 4 bridgehead atoms. The van der Waals surface area contributed by atoms with Gasteiger partial charge in [0.1, 0.15) is 5.75 Å². The minimum Gasteiger partial charge on any atom is -0.495 e. The van der Waals surface area contributed by atoms with Gasteiger partial charge in [-0.1, -0.05) is 12.1 Å². The fourth-order valence-corrected chi connectivity index (χ4v) is 6.89. The number of methoxy groups -OCH3 is 1. The average Bonchev–Trinajstić information content (AvgIpc) is 3.06. The van der Waals surface area contributed by atoms with Crippen LogP contribution in [-0.2, 0) is 9.59 Å². The smallest absolute Gasteiger partial charge is 0.227 e. The van der Waals surface area contributed by atoms with Gasteiger partial charge in [-0.25, -0.2) is 0 Å². The van der Waals surface area contributed by atoms with E-state index in [-0.39, 0.29) is 24.2 Å². The van der Waals surface area contributed by atoms with Gasteiger partial charge in [0.05, 0.1) is 18.7 Å². The number of carbonyl (C=O) groups is 2. The lowest BCUT2D eigenvalue weighted by Gasteiger charge is -2.57. The Kier molecular flexibility index (Phi) is 4.37. The summed E-state index contributed by atoms with van der Waals surface area (Å²) in [5, 5.41) is 3.25. The highest BCUT2D eigenvalue weighted by molar-refractivity contribution is 6.01. The number of nitrogens with one attached hydrogen (secondary N) is 1. The third kappa shape index (κ3) is 3.09. The van der Waals surface area contributed by atoms with Gasteiger partial charge in [-0.2, -0.15) is 0 Å². The minimum absolute atomic E-state index is 0.000505. The molecule has 1 aliphatic heterocycles. The molecule has 1 heterocycles. The van der Waals surface area contributed by atoms with Crippen LogP contribution in [0, 0.1) is 29.1 Å². The first-order valence-corrected chi connectivity index (χ1v) is 10.8. The first-order chi connectivity index (χ1) is 13.5. The number of ether oxygens (including phenoxy) is 1. The van der Waals surface area contributed by atoms with E-state index in [1.54, 1.807) is 12.0 Å². The topological polar surface area (TPSA) is 58.6 Å². The molecule has 4 aliphatic carbocycles. The lowest BCUT2D eigenvalue weighted by atomic mass is 9.49. The van der Waals surface area contributed by atoms with Crippen molar-refractivity contribution in [1.82, 2.24) is 5.32 Å². The van der Waals surface area contributed by atoms with Crippen molar-refractivity contribution in [3.05, 3.63) is 24.3 Å². The predicted octanol–water partition coefficient (Wildman–Crippen LogP) is 3.38. The number of amides is 2. The summed E-state index contributed by atoms with van der Waals surface area (Å²) in [5.41, 5.74) is 1.08.